The van der Waals surface area contributed by atoms with Crippen molar-refractivity contribution in [3.8, 4) is 11.5 Å². The normalized spacial score (nSPS) is 16.9. The predicted octanol–water partition coefficient (Wildman–Crippen LogP) is 8.07. The van der Waals surface area contributed by atoms with E-state index in [0.717, 1.165) is 65.9 Å². The highest BCUT2D eigenvalue weighted by atomic mass is 16.6. The lowest BCUT2D eigenvalue weighted by molar-refractivity contribution is -0.154. The fraction of sp³-hybridized carbons (Fsp3) is 0.690. The highest BCUT2D eigenvalue weighted by Crippen LogP contribution is 2.42. The summed E-state index contributed by atoms with van der Waals surface area (Å²) in [4.78, 5) is 55.8. The minimum Gasteiger partial charge on any atom is -0.487 e. The summed E-state index contributed by atoms with van der Waals surface area (Å²) in [6.07, 6.45) is 16.0. The molecule has 11 heteroatoms. The van der Waals surface area contributed by atoms with E-state index in [1.807, 2.05) is 19.9 Å². The molecular formula is C42H65N3O8. The molecule has 0 radical (unpaired) electrons. The van der Waals surface area contributed by atoms with Gasteiger partial charge in [0.1, 0.15) is 36.4 Å². The lowest BCUT2D eigenvalue weighted by atomic mass is 9.85. The van der Waals surface area contributed by atoms with Crippen molar-refractivity contribution in [2.45, 2.75) is 157 Å². The Kier molecular flexibility index (Phi) is 17.8. The zero-order chi connectivity index (χ0) is 39.0. The molecule has 0 saturated carbocycles. The molecule has 4 unspecified atom stereocenters. The molecule has 1 amide bonds. The van der Waals surface area contributed by atoms with Gasteiger partial charge >= 0.3 is 17.9 Å². The van der Waals surface area contributed by atoms with Crippen molar-refractivity contribution in [3.63, 3.8) is 0 Å². The van der Waals surface area contributed by atoms with Crippen LogP contribution in [0.3, 0.4) is 0 Å². The molecule has 1 aromatic heterocycles. The Morgan fingerprint density at radius 3 is 2.19 bits per heavy atom. The maximum absolute atomic E-state index is 12.7. The second-order valence-corrected chi connectivity index (χ2v) is 15.9. The number of carbonyl (C=O) groups is 4. The standard InChI is InChI=1S/C42H65N3O8/c1-28(2)12-9-13-29(3)14-10-15-30(4)16-11-20-42(8)21-19-34-24-37(31(5)32(6)40(34)53-42)52-39(48)18-17-38(47)50-22-23-51-41(49)36(45-33(7)46)25-35-26-43-27-44-35/h24,26-30,36H,9-23,25H2,1-8H3,(H,43,44)(H,45,46). The zero-order valence-corrected chi connectivity index (χ0v) is 33.6. The molecule has 11 nitrogen and oxygen atoms in total. The van der Waals surface area contributed by atoms with Crippen molar-refractivity contribution in [1.82, 2.24) is 15.3 Å². The summed E-state index contributed by atoms with van der Waals surface area (Å²) in [5.41, 5.74) is 3.26. The van der Waals surface area contributed by atoms with Gasteiger partial charge in [0.05, 0.1) is 19.2 Å². The molecule has 0 aliphatic carbocycles. The van der Waals surface area contributed by atoms with Gasteiger partial charge in [-0.15, -0.1) is 0 Å². The average molecular weight is 740 g/mol. The quantitative estimate of drug-likeness (QED) is 0.0656. The number of esters is 3. The summed E-state index contributed by atoms with van der Waals surface area (Å²) < 4.78 is 22.7. The number of aromatic amines is 1. The number of amides is 1. The van der Waals surface area contributed by atoms with Crippen LogP contribution < -0.4 is 14.8 Å². The third kappa shape index (κ3) is 15.5. The maximum atomic E-state index is 12.7. The van der Waals surface area contributed by atoms with Gasteiger partial charge < -0.3 is 29.2 Å². The maximum Gasteiger partial charge on any atom is 0.329 e. The number of H-pyrrole nitrogens is 1. The minimum absolute atomic E-state index is 0.159. The van der Waals surface area contributed by atoms with E-state index in [9.17, 15) is 19.2 Å². The molecule has 1 aliphatic heterocycles. The van der Waals surface area contributed by atoms with Crippen LogP contribution in [0, 0.1) is 31.6 Å². The van der Waals surface area contributed by atoms with E-state index in [2.05, 4.69) is 49.9 Å². The van der Waals surface area contributed by atoms with Crippen LogP contribution in [-0.2, 0) is 41.5 Å². The van der Waals surface area contributed by atoms with Crippen molar-refractivity contribution in [3.05, 3.63) is 41.0 Å². The van der Waals surface area contributed by atoms with Gasteiger partial charge in [-0.25, -0.2) is 9.78 Å². The Labute approximate surface area is 317 Å². The fourth-order valence-electron chi connectivity index (χ4n) is 6.94. The largest absolute Gasteiger partial charge is 0.487 e. The Hall–Kier alpha value is -3.89. The summed E-state index contributed by atoms with van der Waals surface area (Å²) >= 11 is 0. The molecule has 2 N–H and O–H groups in total. The van der Waals surface area contributed by atoms with Crippen LogP contribution in [0.25, 0.3) is 0 Å². The van der Waals surface area contributed by atoms with Gasteiger partial charge in [-0.2, -0.15) is 0 Å². The fourth-order valence-corrected chi connectivity index (χ4v) is 6.94. The number of ether oxygens (including phenoxy) is 4. The molecule has 0 fully saturated rings. The number of imidazole rings is 1. The minimum atomic E-state index is -0.915. The molecule has 2 heterocycles. The molecular weight excluding hydrogens is 674 g/mol. The average Bonchev–Trinajstić information content (AvgIpc) is 3.61. The van der Waals surface area contributed by atoms with Gasteiger partial charge in [-0.3, -0.25) is 14.4 Å². The molecule has 2 aromatic rings. The SMILES string of the molecule is CC(=O)NC(Cc1cnc[nH]1)C(=O)OCCOC(=O)CCC(=O)Oc1cc2c(c(C)c1C)OC(C)(CCCC(C)CCCC(C)CCCC(C)C)CC2. The van der Waals surface area contributed by atoms with Crippen molar-refractivity contribution < 1.29 is 38.1 Å². The molecule has 0 saturated heterocycles. The summed E-state index contributed by atoms with van der Waals surface area (Å²) in [5, 5.41) is 2.54. The van der Waals surface area contributed by atoms with E-state index in [-0.39, 0.29) is 44.0 Å². The Morgan fingerprint density at radius 2 is 1.55 bits per heavy atom. The first-order valence-electron chi connectivity index (χ1n) is 19.7. The lowest BCUT2D eigenvalue weighted by Crippen LogP contribution is -2.42. The number of hydrogen-bond donors (Lipinski definition) is 2. The summed E-state index contributed by atoms with van der Waals surface area (Å²) in [6.45, 7) is 16.5. The molecule has 1 aromatic carbocycles. The van der Waals surface area contributed by atoms with Gasteiger partial charge in [0, 0.05) is 25.2 Å². The van der Waals surface area contributed by atoms with Gasteiger partial charge in [0.2, 0.25) is 5.91 Å². The third-order valence-corrected chi connectivity index (χ3v) is 10.4. The number of rotatable bonds is 23. The van der Waals surface area contributed by atoms with Crippen LogP contribution in [0.2, 0.25) is 0 Å². The Morgan fingerprint density at radius 1 is 0.906 bits per heavy atom. The topological polar surface area (TPSA) is 146 Å². The first-order chi connectivity index (χ1) is 25.2. The second kappa shape index (κ2) is 21.7. The molecule has 0 spiro atoms. The van der Waals surface area contributed by atoms with Gasteiger partial charge in [0.25, 0.3) is 0 Å². The molecule has 3 rings (SSSR count). The van der Waals surface area contributed by atoms with Gasteiger partial charge in [-0.05, 0) is 87.0 Å². The lowest BCUT2D eigenvalue weighted by Gasteiger charge is -2.37. The summed E-state index contributed by atoms with van der Waals surface area (Å²) in [7, 11) is 0. The van der Waals surface area contributed by atoms with E-state index in [1.54, 1.807) is 6.20 Å². The summed E-state index contributed by atoms with van der Waals surface area (Å²) in [6, 6.07) is 0.982. The Bertz CT molecular complexity index is 1470. The number of aromatic nitrogens is 2. The second-order valence-electron chi connectivity index (χ2n) is 15.9. The molecule has 1 aliphatic rings. The number of fused-ring (bicyclic) bond motifs is 1. The van der Waals surface area contributed by atoms with Crippen molar-refractivity contribution in [2.75, 3.05) is 13.2 Å². The first-order valence-corrected chi connectivity index (χ1v) is 19.7. The van der Waals surface area contributed by atoms with Crippen LogP contribution >= 0.6 is 0 Å². The van der Waals surface area contributed by atoms with Crippen molar-refractivity contribution in [1.29, 1.82) is 0 Å². The number of aryl methyl sites for hydroxylation is 1. The van der Waals surface area contributed by atoms with Crippen molar-refractivity contribution >= 4 is 23.8 Å². The number of nitrogens with zero attached hydrogens (tertiary/aromatic N) is 1. The van der Waals surface area contributed by atoms with Crippen LogP contribution in [0.15, 0.2) is 18.6 Å². The first kappa shape index (κ1) is 43.5. The number of nitrogens with one attached hydrogen (secondary N) is 2. The molecule has 53 heavy (non-hydrogen) atoms. The number of carbonyl (C=O) groups excluding carboxylic acids is 4. The molecule has 296 valence electrons. The van der Waals surface area contributed by atoms with E-state index in [0.29, 0.717) is 11.4 Å². The predicted molar refractivity (Wildman–Crippen MR) is 205 cm³/mol. The van der Waals surface area contributed by atoms with Crippen LogP contribution in [0.1, 0.15) is 141 Å². The zero-order valence-electron chi connectivity index (χ0n) is 33.6. The molecule has 4 atom stereocenters. The van der Waals surface area contributed by atoms with E-state index in [1.165, 1.54) is 58.2 Å². The van der Waals surface area contributed by atoms with Crippen LogP contribution in [-0.4, -0.2) is 58.6 Å². The summed E-state index contributed by atoms with van der Waals surface area (Å²) in [5.74, 6) is 1.52. The van der Waals surface area contributed by atoms with E-state index >= 15 is 0 Å². The van der Waals surface area contributed by atoms with Crippen LogP contribution in [0.5, 0.6) is 11.5 Å². The van der Waals surface area contributed by atoms with Crippen molar-refractivity contribution in [2.24, 2.45) is 17.8 Å². The van der Waals surface area contributed by atoms with Gasteiger partial charge in [-0.1, -0.05) is 72.6 Å². The number of benzene rings is 1. The Balaban J connectivity index is 1.37. The smallest absolute Gasteiger partial charge is 0.329 e. The van der Waals surface area contributed by atoms with Crippen LogP contribution in [0.4, 0.5) is 0 Å². The highest BCUT2D eigenvalue weighted by Gasteiger charge is 2.33. The highest BCUT2D eigenvalue weighted by molar-refractivity contribution is 5.83. The van der Waals surface area contributed by atoms with Gasteiger partial charge in [0.15, 0.2) is 0 Å². The number of hydrogen-bond acceptors (Lipinski definition) is 9. The molecule has 0 bridgehead atoms. The van der Waals surface area contributed by atoms with E-state index in [4.69, 9.17) is 18.9 Å². The van der Waals surface area contributed by atoms with E-state index < -0.39 is 23.9 Å². The monoisotopic (exact) mass is 739 g/mol. The third-order valence-electron chi connectivity index (χ3n) is 10.4.